The monoisotopic (exact) mass is 255 g/mol. The van der Waals surface area contributed by atoms with Gasteiger partial charge in [-0.3, -0.25) is 4.98 Å². The third-order valence-corrected chi connectivity index (χ3v) is 3.86. The number of anilines is 2. The first-order chi connectivity index (χ1) is 9.16. The first kappa shape index (κ1) is 12.3. The molecule has 0 amide bonds. The van der Waals surface area contributed by atoms with Gasteiger partial charge in [-0.25, -0.2) is 0 Å². The Hall–Kier alpha value is -1.77. The second kappa shape index (κ2) is 4.72. The van der Waals surface area contributed by atoms with Gasteiger partial charge in [0.05, 0.1) is 11.2 Å². The molecule has 1 fully saturated rings. The second-order valence-corrected chi connectivity index (χ2v) is 5.76. The van der Waals surface area contributed by atoms with Crippen molar-refractivity contribution in [3.63, 3.8) is 0 Å². The van der Waals surface area contributed by atoms with E-state index in [-0.39, 0.29) is 0 Å². The van der Waals surface area contributed by atoms with E-state index >= 15 is 0 Å². The van der Waals surface area contributed by atoms with Crippen LogP contribution in [-0.4, -0.2) is 17.6 Å². The van der Waals surface area contributed by atoms with Crippen LogP contribution in [0.3, 0.4) is 0 Å². The number of nitrogen functional groups attached to an aromatic ring is 1. The van der Waals surface area contributed by atoms with Gasteiger partial charge < -0.3 is 10.6 Å². The Bertz CT molecular complexity index is 588. The second-order valence-electron chi connectivity index (χ2n) is 5.76. The lowest BCUT2D eigenvalue weighted by molar-refractivity contribution is 0.646. The molecule has 3 nitrogen and oxygen atoms in total. The SMILES string of the molecule is CC(C)N(CC1CC1)c1ccnc2c(N)cccc12. The summed E-state index contributed by atoms with van der Waals surface area (Å²) in [6.45, 7) is 5.65. The molecule has 3 heteroatoms. The van der Waals surface area contributed by atoms with E-state index in [0.29, 0.717) is 6.04 Å². The summed E-state index contributed by atoms with van der Waals surface area (Å²) in [7, 11) is 0. The molecule has 19 heavy (non-hydrogen) atoms. The molecule has 100 valence electrons. The zero-order valence-corrected chi connectivity index (χ0v) is 11.6. The van der Waals surface area contributed by atoms with Crippen LogP contribution in [0.25, 0.3) is 10.9 Å². The maximum atomic E-state index is 6.03. The van der Waals surface area contributed by atoms with Crippen molar-refractivity contribution in [1.29, 1.82) is 0 Å². The predicted molar refractivity (Wildman–Crippen MR) is 81.4 cm³/mol. The molecule has 1 aromatic carbocycles. The van der Waals surface area contributed by atoms with Crippen molar-refractivity contribution in [1.82, 2.24) is 4.98 Å². The summed E-state index contributed by atoms with van der Waals surface area (Å²) in [5.41, 5.74) is 8.97. The molecule has 0 radical (unpaired) electrons. The number of hydrogen-bond donors (Lipinski definition) is 1. The molecule has 1 saturated carbocycles. The van der Waals surface area contributed by atoms with Crippen LogP contribution in [0.4, 0.5) is 11.4 Å². The quantitative estimate of drug-likeness (QED) is 0.851. The first-order valence-corrected chi connectivity index (χ1v) is 7.06. The van der Waals surface area contributed by atoms with E-state index in [2.05, 4.69) is 35.9 Å². The van der Waals surface area contributed by atoms with E-state index in [1.54, 1.807) is 0 Å². The number of fused-ring (bicyclic) bond motifs is 1. The van der Waals surface area contributed by atoms with Gasteiger partial charge in [0.1, 0.15) is 0 Å². The molecular weight excluding hydrogens is 234 g/mol. The highest BCUT2D eigenvalue weighted by atomic mass is 15.2. The van der Waals surface area contributed by atoms with Crippen LogP contribution in [0.2, 0.25) is 0 Å². The Labute approximate surface area is 114 Å². The van der Waals surface area contributed by atoms with Gasteiger partial charge in [-0.15, -0.1) is 0 Å². The van der Waals surface area contributed by atoms with Gasteiger partial charge in [-0.1, -0.05) is 12.1 Å². The number of aromatic nitrogens is 1. The van der Waals surface area contributed by atoms with E-state index < -0.39 is 0 Å². The highest BCUT2D eigenvalue weighted by Crippen LogP contribution is 2.35. The van der Waals surface area contributed by atoms with Gasteiger partial charge in [0, 0.05) is 29.9 Å². The normalized spacial score (nSPS) is 15.1. The number of pyridine rings is 1. The molecule has 0 atom stereocenters. The minimum absolute atomic E-state index is 0.493. The van der Waals surface area contributed by atoms with Crippen molar-refractivity contribution >= 4 is 22.3 Å². The van der Waals surface area contributed by atoms with Gasteiger partial charge in [-0.2, -0.15) is 0 Å². The fourth-order valence-electron chi connectivity index (χ4n) is 2.60. The van der Waals surface area contributed by atoms with Crippen LogP contribution in [-0.2, 0) is 0 Å². The Kier molecular flexibility index (Phi) is 3.05. The molecule has 1 aromatic heterocycles. The van der Waals surface area contributed by atoms with Crippen molar-refractivity contribution < 1.29 is 0 Å². The van der Waals surface area contributed by atoms with Crippen LogP contribution in [0.5, 0.6) is 0 Å². The van der Waals surface area contributed by atoms with Crippen molar-refractivity contribution in [3.05, 3.63) is 30.5 Å². The van der Waals surface area contributed by atoms with Gasteiger partial charge in [-0.05, 0) is 44.7 Å². The van der Waals surface area contributed by atoms with Crippen LogP contribution in [0.1, 0.15) is 26.7 Å². The molecule has 0 spiro atoms. The molecule has 2 N–H and O–H groups in total. The molecule has 0 aliphatic heterocycles. The summed E-state index contributed by atoms with van der Waals surface area (Å²) in [4.78, 5) is 6.91. The molecule has 1 heterocycles. The van der Waals surface area contributed by atoms with Gasteiger partial charge >= 0.3 is 0 Å². The lowest BCUT2D eigenvalue weighted by Crippen LogP contribution is -2.32. The lowest BCUT2D eigenvalue weighted by atomic mass is 10.1. The third-order valence-electron chi connectivity index (χ3n) is 3.86. The Morgan fingerprint density at radius 3 is 2.79 bits per heavy atom. The van der Waals surface area contributed by atoms with Crippen molar-refractivity contribution in [3.8, 4) is 0 Å². The van der Waals surface area contributed by atoms with Gasteiger partial charge in [0.2, 0.25) is 0 Å². The zero-order valence-electron chi connectivity index (χ0n) is 11.6. The van der Waals surface area contributed by atoms with E-state index in [1.165, 1.54) is 18.5 Å². The van der Waals surface area contributed by atoms with E-state index in [0.717, 1.165) is 29.1 Å². The summed E-state index contributed by atoms with van der Waals surface area (Å²) < 4.78 is 0. The maximum absolute atomic E-state index is 6.03. The molecule has 0 bridgehead atoms. The summed E-state index contributed by atoms with van der Waals surface area (Å²) >= 11 is 0. The van der Waals surface area contributed by atoms with Crippen LogP contribution in [0.15, 0.2) is 30.5 Å². The Morgan fingerprint density at radius 2 is 2.11 bits per heavy atom. The molecule has 1 aliphatic carbocycles. The molecule has 3 rings (SSSR count). The molecule has 2 aromatic rings. The fourth-order valence-corrected chi connectivity index (χ4v) is 2.60. The van der Waals surface area contributed by atoms with Crippen molar-refractivity contribution in [2.75, 3.05) is 17.2 Å². The smallest absolute Gasteiger partial charge is 0.0951 e. The van der Waals surface area contributed by atoms with Gasteiger partial charge in [0.15, 0.2) is 0 Å². The number of nitrogens with zero attached hydrogens (tertiary/aromatic N) is 2. The largest absolute Gasteiger partial charge is 0.397 e. The van der Waals surface area contributed by atoms with E-state index in [1.807, 2.05) is 18.3 Å². The molecular formula is C16H21N3. The third kappa shape index (κ3) is 2.37. The fraction of sp³-hybridized carbons (Fsp3) is 0.438. The zero-order chi connectivity index (χ0) is 13.4. The van der Waals surface area contributed by atoms with Crippen molar-refractivity contribution in [2.24, 2.45) is 5.92 Å². The summed E-state index contributed by atoms with van der Waals surface area (Å²) in [6, 6.07) is 8.66. The lowest BCUT2D eigenvalue weighted by Gasteiger charge is -2.30. The average Bonchev–Trinajstić information content (AvgIpc) is 3.20. The number of hydrogen-bond acceptors (Lipinski definition) is 3. The van der Waals surface area contributed by atoms with Crippen LogP contribution in [0, 0.1) is 5.92 Å². The topological polar surface area (TPSA) is 42.2 Å². The Balaban J connectivity index is 2.08. The number of benzene rings is 1. The molecule has 1 aliphatic rings. The van der Waals surface area contributed by atoms with Crippen LogP contribution >= 0.6 is 0 Å². The first-order valence-electron chi connectivity index (χ1n) is 7.06. The number of para-hydroxylation sites is 1. The number of rotatable bonds is 4. The molecule has 0 saturated heterocycles. The predicted octanol–water partition coefficient (Wildman–Crippen LogP) is 3.44. The highest BCUT2D eigenvalue weighted by molar-refractivity contribution is 5.98. The van der Waals surface area contributed by atoms with Crippen molar-refractivity contribution in [2.45, 2.75) is 32.7 Å². The highest BCUT2D eigenvalue weighted by Gasteiger charge is 2.26. The number of nitrogens with two attached hydrogens (primary N) is 1. The summed E-state index contributed by atoms with van der Waals surface area (Å²) in [5, 5.41) is 1.16. The Morgan fingerprint density at radius 1 is 1.32 bits per heavy atom. The summed E-state index contributed by atoms with van der Waals surface area (Å²) in [6.07, 6.45) is 4.61. The molecule has 0 unspecified atom stereocenters. The van der Waals surface area contributed by atoms with E-state index in [4.69, 9.17) is 5.73 Å². The average molecular weight is 255 g/mol. The minimum atomic E-state index is 0.493. The van der Waals surface area contributed by atoms with Crippen LogP contribution < -0.4 is 10.6 Å². The standard InChI is InChI=1S/C16H21N3/c1-11(2)19(10-12-6-7-12)15-8-9-18-16-13(15)4-3-5-14(16)17/h3-5,8-9,11-12H,6-7,10,17H2,1-2H3. The maximum Gasteiger partial charge on any atom is 0.0951 e. The van der Waals surface area contributed by atoms with Gasteiger partial charge in [0.25, 0.3) is 0 Å². The van der Waals surface area contributed by atoms with E-state index in [9.17, 15) is 0 Å². The summed E-state index contributed by atoms with van der Waals surface area (Å²) in [5.74, 6) is 0.867. The minimum Gasteiger partial charge on any atom is -0.397 e.